The molecule has 1 heterocycles. The lowest BCUT2D eigenvalue weighted by Gasteiger charge is -2.32. The molecule has 4 rings (SSSR count). The van der Waals surface area contributed by atoms with Crippen molar-refractivity contribution in [3.63, 3.8) is 0 Å². The maximum absolute atomic E-state index is 13.7. The number of aliphatic hydroxyl groups excluding tert-OH is 1. The second-order valence-electron chi connectivity index (χ2n) is 7.10. The average molecular weight is 355 g/mol. The van der Waals surface area contributed by atoms with Crippen molar-refractivity contribution in [3.8, 4) is 0 Å². The van der Waals surface area contributed by atoms with Crippen molar-refractivity contribution in [2.24, 2.45) is 0 Å². The first-order valence-electron chi connectivity index (χ1n) is 8.39. The van der Waals surface area contributed by atoms with Crippen molar-refractivity contribution in [1.82, 2.24) is 3.97 Å². The molecule has 0 amide bonds. The monoisotopic (exact) mass is 355 g/mol. The molecule has 0 saturated carbocycles. The van der Waals surface area contributed by atoms with E-state index in [0.717, 1.165) is 34.0 Å². The lowest BCUT2D eigenvalue weighted by Crippen LogP contribution is -2.41. The van der Waals surface area contributed by atoms with Crippen LogP contribution in [-0.4, -0.2) is 22.2 Å². The van der Waals surface area contributed by atoms with E-state index in [-0.39, 0.29) is 5.76 Å². The van der Waals surface area contributed by atoms with Gasteiger partial charge in [0.2, 0.25) is 10.0 Å². The molecule has 2 aromatic rings. The fourth-order valence-electron chi connectivity index (χ4n) is 3.86. The topological polar surface area (TPSA) is 59.3 Å². The highest BCUT2D eigenvalue weighted by Crippen LogP contribution is 2.40. The Hall–Kier alpha value is -2.27. The van der Waals surface area contributed by atoms with Gasteiger partial charge in [-0.2, -0.15) is 0 Å². The van der Waals surface area contributed by atoms with Crippen LogP contribution in [0.1, 0.15) is 37.0 Å². The molecule has 25 heavy (non-hydrogen) atoms. The van der Waals surface area contributed by atoms with Crippen LogP contribution in [0, 0.1) is 6.92 Å². The minimum absolute atomic E-state index is 0.0376. The first-order chi connectivity index (χ1) is 11.8. The van der Waals surface area contributed by atoms with Gasteiger partial charge in [-0.3, -0.25) is 0 Å². The maximum atomic E-state index is 13.7. The summed E-state index contributed by atoms with van der Waals surface area (Å²) in [5.41, 5.74) is 4.25. The van der Waals surface area contributed by atoms with Gasteiger partial charge < -0.3 is 5.11 Å². The first kappa shape index (κ1) is 16.2. The zero-order valence-corrected chi connectivity index (χ0v) is 15.4. The summed E-state index contributed by atoms with van der Waals surface area (Å²) in [7, 11) is -3.76. The molecule has 1 atom stereocenters. The Morgan fingerprint density at radius 1 is 1.16 bits per heavy atom. The fourth-order valence-corrected chi connectivity index (χ4v) is 5.82. The Kier molecular flexibility index (Phi) is 3.32. The zero-order valence-electron chi connectivity index (χ0n) is 14.6. The van der Waals surface area contributed by atoms with Crippen LogP contribution in [0.25, 0.3) is 17.0 Å². The van der Waals surface area contributed by atoms with Gasteiger partial charge in [0.15, 0.2) is 0 Å². The van der Waals surface area contributed by atoms with Crippen LogP contribution in [-0.2, 0) is 16.4 Å². The molecule has 1 aromatic heterocycles. The third kappa shape index (κ3) is 2.02. The zero-order chi connectivity index (χ0) is 18.0. The van der Waals surface area contributed by atoms with Crippen LogP contribution in [0.15, 0.2) is 47.9 Å². The van der Waals surface area contributed by atoms with E-state index in [9.17, 15) is 13.5 Å². The smallest absolute Gasteiger partial charge is 0.248 e. The lowest BCUT2D eigenvalue weighted by molar-refractivity contribution is 0.409. The molecule has 2 aliphatic rings. The van der Waals surface area contributed by atoms with Gasteiger partial charge in [-0.1, -0.05) is 30.4 Å². The van der Waals surface area contributed by atoms with Crippen molar-refractivity contribution in [3.05, 3.63) is 64.6 Å². The van der Waals surface area contributed by atoms with Gasteiger partial charge in [0.05, 0.1) is 5.52 Å². The number of aliphatic hydroxyl groups is 1. The minimum Gasteiger partial charge on any atom is -0.508 e. The number of hydrogen-bond donors (Lipinski definition) is 1. The Balaban J connectivity index is 2.05. The predicted octanol–water partition coefficient (Wildman–Crippen LogP) is 4.25. The normalized spacial score (nSPS) is 22.8. The van der Waals surface area contributed by atoms with Gasteiger partial charge in [0.1, 0.15) is 10.5 Å². The fraction of sp³-hybridized carbons (Fsp3) is 0.300. The van der Waals surface area contributed by atoms with Crippen molar-refractivity contribution in [2.75, 3.05) is 0 Å². The summed E-state index contributed by atoms with van der Waals surface area (Å²) in [4.78, 5) is 0. The van der Waals surface area contributed by atoms with E-state index >= 15 is 0 Å². The summed E-state index contributed by atoms with van der Waals surface area (Å²) in [6, 6.07) is 4.06. The highest BCUT2D eigenvalue weighted by atomic mass is 32.2. The summed E-state index contributed by atoms with van der Waals surface area (Å²) in [5.74, 6) is 0.0376. The van der Waals surface area contributed by atoms with Gasteiger partial charge in [0, 0.05) is 17.1 Å². The number of aromatic nitrogens is 1. The van der Waals surface area contributed by atoms with Crippen molar-refractivity contribution in [2.45, 2.75) is 38.4 Å². The van der Waals surface area contributed by atoms with Crippen LogP contribution in [0.5, 0.6) is 0 Å². The van der Waals surface area contributed by atoms with Crippen LogP contribution in [0.3, 0.4) is 0 Å². The van der Waals surface area contributed by atoms with Crippen molar-refractivity contribution >= 4 is 27.0 Å². The molecule has 0 spiro atoms. The molecule has 1 aromatic carbocycles. The van der Waals surface area contributed by atoms with Crippen LogP contribution in [0.4, 0.5) is 0 Å². The second kappa shape index (κ2) is 5.11. The van der Waals surface area contributed by atoms with Crippen molar-refractivity contribution in [1.29, 1.82) is 0 Å². The molecule has 1 N–H and O–H groups in total. The third-order valence-electron chi connectivity index (χ3n) is 5.66. The quantitative estimate of drug-likeness (QED) is 0.876. The highest BCUT2D eigenvalue weighted by Gasteiger charge is 2.44. The number of aryl methyl sites for hydroxylation is 1. The lowest BCUT2D eigenvalue weighted by atomic mass is 9.92. The summed E-state index contributed by atoms with van der Waals surface area (Å²) in [5, 5.41) is 11.1. The number of hydrogen-bond acceptors (Lipinski definition) is 3. The molecule has 2 aliphatic carbocycles. The number of allylic oxidation sites excluding steroid dienone is 3. The standard InChI is InChI=1S/C20H21NO3S/c1-13-9-10-15-6-4-7-16-12-21(19(13)18(15)16)25(23,24)20(3)11-5-8-17(22)14(20)2/h4-5,7-10,12,22H,6,11H2,1-3H3. The van der Waals surface area contributed by atoms with E-state index in [0.29, 0.717) is 12.0 Å². The summed E-state index contributed by atoms with van der Waals surface area (Å²) >= 11 is 0. The molecule has 5 heteroatoms. The Labute approximate surface area is 147 Å². The summed E-state index contributed by atoms with van der Waals surface area (Å²) in [6.45, 7) is 5.33. The van der Waals surface area contributed by atoms with E-state index in [1.807, 2.05) is 19.1 Å². The molecule has 0 fully saturated rings. The number of benzene rings is 1. The van der Waals surface area contributed by atoms with E-state index in [1.54, 1.807) is 32.2 Å². The molecule has 130 valence electrons. The van der Waals surface area contributed by atoms with Crippen LogP contribution < -0.4 is 0 Å². The summed E-state index contributed by atoms with van der Waals surface area (Å²) < 4.78 is 27.6. The number of nitrogens with zero attached hydrogens (tertiary/aromatic N) is 1. The molecular formula is C20H21NO3S. The maximum Gasteiger partial charge on any atom is 0.248 e. The van der Waals surface area contributed by atoms with E-state index in [2.05, 4.69) is 12.1 Å². The first-order valence-corrected chi connectivity index (χ1v) is 9.83. The van der Waals surface area contributed by atoms with E-state index in [1.165, 1.54) is 3.97 Å². The number of rotatable bonds is 2. The Bertz CT molecular complexity index is 1100. The van der Waals surface area contributed by atoms with Gasteiger partial charge in [-0.05, 0) is 56.4 Å². The Morgan fingerprint density at radius 2 is 1.92 bits per heavy atom. The predicted molar refractivity (Wildman–Crippen MR) is 101 cm³/mol. The molecule has 4 nitrogen and oxygen atoms in total. The van der Waals surface area contributed by atoms with Gasteiger partial charge in [-0.25, -0.2) is 12.4 Å². The van der Waals surface area contributed by atoms with Gasteiger partial charge in [-0.15, -0.1) is 0 Å². The summed E-state index contributed by atoms with van der Waals surface area (Å²) in [6.07, 6.45) is 10.2. The molecule has 0 aliphatic heterocycles. The average Bonchev–Trinajstić information content (AvgIpc) is 2.98. The van der Waals surface area contributed by atoms with Crippen LogP contribution in [0.2, 0.25) is 0 Å². The Morgan fingerprint density at radius 3 is 2.68 bits per heavy atom. The highest BCUT2D eigenvalue weighted by molar-refractivity contribution is 7.91. The SMILES string of the molecule is CC1=C(O)C=CCC1(C)S(=O)(=O)n1cc2c3c(ccc(C)c31)CC=C2. The molecular weight excluding hydrogens is 334 g/mol. The molecule has 0 bridgehead atoms. The van der Waals surface area contributed by atoms with Gasteiger partial charge in [0.25, 0.3) is 0 Å². The van der Waals surface area contributed by atoms with E-state index < -0.39 is 14.8 Å². The largest absolute Gasteiger partial charge is 0.508 e. The minimum atomic E-state index is -3.76. The third-order valence-corrected chi connectivity index (χ3v) is 8.07. The molecule has 0 radical (unpaired) electrons. The second-order valence-corrected chi connectivity index (χ2v) is 9.35. The van der Waals surface area contributed by atoms with E-state index in [4.69, 9.17) is 0 Å². The van der Waals surface area contributed by atoms with Crippen molar-refractivity contribution < 1.29 is 13.5 Å². The molecule has 0 saturated heterocycles. The van der Waals surface area contributed by atoms with Gasteiger partial charge >= 0.3 is 0 Å². The molecule has 1 unspecified atom stereocenters. The van der Waals surface area contributed by atoms with Crippen LogP contribution >= 0.6 is 0 Å².